The standard InChI is InChI=1S/C14H19ClN2O3/c1-4-12(13(18)19)16-14(20)17(3)9(2)10-6-5-7-11(15)8-10/h5-9,12H,4H2,1-3H3,(H,16,20)(H,18,19)/t9?,12-/m1/s1. The van der Waals surface area contributed by atoms with Crippen LogP contribution in [0.25, 0.3) is 0 Å². The molecule has 2 amide bonds. The minimum absolute atomic E-state index is 0.208. The number of carbonyl (C=O) groups is 2. The quantitative estimate of drug-likeness (QED) is 0.878. The summed E-state index contributed by atoms with van der Waals surface area (Å²) in [5.74, 6) is -1.04. The van der Waals surface area contributed by atoms with Crippen molar-refractivity contribution in [2.24, 2.45) is 0 Å². The van der Waals surface area contributed by atoms with E-state index in [0.29, 0.717) is 11.4 Å². The van der Waals surface area contributed by atoms with Crippen molar-refractivity contribution in [2.45, 2.75) is 32.4 Å². The van der Waals surface area contributed by atoms with E-state index in [4.69, 9.17) is 16.7 Å². The van der Waals surface area contributed by atoms with Crippen LogP contribution in [-0.2, 0) is 4.79 Å². The van der Waals surface area contributed by atoms with Crippen molar-refractivity contribution in [1.29, 1.82) is 0 Å². The Bertz CT molecular complexity index is 493. The van der Waals surface area contributed by atoms with Crippen LogP contribution in [0.4, 0.5) is 4.79 Å². The highest BCUT2D eigenvalue weighted by Crippen LogP contribution is 2.21. The zero-order chi connectivity index (χ0) is 15.3. The van der Waals surface area contributed by atoms with Gasteiger partial charge in [0.25, 0.3) is 0 Å². The number of hydrogen-bond donors (Lipinski definition) is 2. The normalized spacial score (nSPS) is 13.4. The zero-order valence-corrected chi connectivity index (χ0v) is 12.5. The van der Waals surface area contributed by atoms with E-state index >= 15 is 0 Å². The molecule has 0 fully saturated rings. The van der Waals surface area contributed by atoms with Gasteiger partial charge in [-0.05, 0) is 31.0 Å². The monoisotopic (exact) mass is 298 g/mol. The number of amides is 2. The summed E-state index contributed by atoms with van der Waals surface area (Å²) in [6.45, 7) is 3.56. The molecule has 0 bridgehead atoms. The first-order valence-corrected chi connectivity index (χ1v) is 6.76. The summed E-state index contributed by atoms with van der Waals surface area (Å²) in [6.07, 6.45) is 0.334. The summed E-state index contributed by atoms with van der Waals surface area (Å²) >= 11 is 5.92. The number of halogens is 1. The Hall–Kier alpha value is -1.75. The molecule has 1 unspecified atom stereocenters. The van der Waals surface area contributed by atoms with Gasteiger partial charge in [-0.2, -0.15) is 0 Å². The van der Waals surface area contributed by atoms with Gasteiger partial charge in [0.05, 0.1) is 6.04 Å². The summed E-state index contributed by atoms with van der Waals surface area (Å²) in [5, 5.41) is 12.0. The maximum atomic E-state index is 12.0. The molecule has 1 rings (SSSR count). The molecule has 0 saturated carbocycles. The van der Waals surface area contributed by atoms with E-state index in [2.05, 4.69) is 5.32 Å². The highest BCUT2D eigenvalue weighted by atomic mass is 35.5. The number of carbonyl (C=O) groups excluding carboxylic acids is 1. The van der Waals surface area contributed by atoms with Crippen molar-refractivity contribution < 1.29 is 14.7 Å². The van der Waals surface area contributed by atoms with Crippen LogP contribution in [0.2, 0.25) is 5.02 Å². The number of benzene rings is 1. The predicted molar refractivity (Wildman–Crippen MR) is 77.9 cm³/mol. The molecule has 0 aromatic heterocycles. The van der Waals surface area contributed by atoms with Crippen molar-refractivity contribution in [3.8, 4) is 0 Å². The van der Waals surface area contributed by atoms with E-state index in [0.717, 1.165) is 5.56 Å². The number of rotatable bonds is 5. The lowest BCUT2D eigenvalue weighted by Gasteiger charge is -2.27. The third-order valence-corrected chi connectivity index (χ3v) is 3.47. The number of urea groups is 1. The van der Waals surface area contributed by atoms with Crippen molar-refractivity contribution in [3.63, 3.8) is 0 Å². The van der Waals surface area contributed by atoms with Crippen LogP contribution in [0.3, 0.4) is 0 Å². The van der Waals surface area contributed by atoms with Crippen molar-refractivity contribution in [1.82, 2.24) is 10.2 Å². The summed E-state index contributed by atoms with van der Waals surface area (Å²) < 4.78 is 0. The molecule has 0 aliphatic heterocycles. The van der Waals surface area contributed by atoms with E-state index in [9.17, 15) is 9.59 Å². The predicted octanol–water partition coefficient (Wildman–Crippen LogP) is 2.91. The maximum Gasteiger partial charge on any atom is 0.326 e. The summed E-state index contributed by atoms with van der Waals surface area (Å²) in [6, 6.07) is 5.71. The number of nitrogens with one attached hydrogen (secondary N) is 1. The first-order valence-electron chi connectivity index (χ1n) is 6.38. The number of hydrogen-bond acceptors (Lipinski definition) is 2. The molecule has 0 radical (unpaired) electrons. The van der Waals surface area contributed by atoms with Gasteiger partial charge in [-0.1, -0.05) is 30.7 Å². The van der Waals surface area contributed by atoms with E-state index in [1.165, 1.54) is 4.90 Å². The molecule has 0 heterocycles. The second-order valence-electron chi connectivity index (χ2n) is 4.59. The van der Waals surface area contributed by atoms with E-state index in [-0.39, 0.29) is 6.04 Å². The molecule has 2 N–H and O–H groups in total. The van der Waals surface area contributed by atoms with Crippen LogP contribution >= 0.6 is 11.6 Å². The van der Waals surface area contributed by atoms with Crippen LogP contribution in [0, 0.1) is 0 Å². The fourth-order valence-electron chi connectivity index (χ4n) is 1.76. The molecule has 0 aliphatic rings. The van der Waals surface area contributed by atoms with Crippen LogP contribution < -0.4 is 5.32 Å². The Labute approximate surface area is 123 Å². The minimum Gasteiger partial charge on any atom is -0.480 e. The third-order valence-electron chi connectivity index (χ3n) is 3.24. The molecule has 1 aromatic carbocycles. The highest BCUT2D eigenvalue weighted by molar-refractivity contribution is 6.30. The van der Waals surface area contributed by atoms with Gasteiger partial charge in [0.15, 0.2) is 0 Å². The van der Waals surface area contributed by atoms with Gasteiger partial charge in [-0.3, -0.25) is 0 Å². The minimum atomic E-state index is -1.04. The lowest BCUT2D eigenvalue weighted by Crippen LogP contribution is -2.47. The molecule has 1 aromatic rings. The second-order valence-corrected chi connectivity index (χ2v) is 5.03. The van der Waals surface area contributed by atoms with Gasteiger partial charge in [0.1, 0.15) is 6.04 Å². The average Bonchev–Trinajstić information content (AvgIpc) is 2.42. The molecule has 20 heavy (non-hydrogen) atoms. The summed E-state index contributed by atoms with van der Waals surface area (Å²) in [4.78, 5) is 24.4. The fraction of sp³-hybridized carbons (Fsp3) is 0.429. The molecule has 0 spiro atoms. The zero-order valence-electron chi connectivity index (χ0n) is 11.8. The van der Waals surface area contributed by atoms with Crippen LogP contribution in [0.5, 0.6) is 0 Å². The molecule has 5 nitrogen and oxygen atoms in total. The van der Waals surface area contributed by atoms with E-state index in [1.807, 2.05) is 19.1 Å². The third kappa shape index (κ3) is 4.13. The molecule has 0 saturated heterocycles. The van der Waals surface area contributed by atoms with Gasteiger partial charge >= 0.3 is 12.0 Å². The van der Waals surface area contributed by atoms with Gasteiger partial charge in [-0.25, -0.2) is 9.59 Å². The number of carboxylic acids is 1. The number of carboxylic acid groups (broad SMARTS) is 1. The van der Waals surface area contributed by atoms with E-state index in [1.54, 1.807) is 26.1 Å². The molecular formula is C14H19ClN2O3. The first-order chi connectivity index (χ1) is 9.36. The SMILES string of the molecule is CC[C@@H](NC(=O)N(C)C(C)c1cccc(Cl)c1)C(=O)O. The first kappa shape index (κ1) is 16.3. The van der Waals surface area contributed by atoms with Crippen molar-refractivity contribution in [2.75, 3.05) is 7.05 Å². The molecule has 0 aliphatic carbocycles. The Morgan fingerprint density at radius 3 is 2.60 bits per heavy atom. The molecular weight excluding hydrogens is 280 g/mol. The smallest absolute Gasteiger partial charge is 0.326 e. The van der Waals surface area contributed by atoms with Gasteiger partial charge in [0.2, 0.25) is 0 Å². The average molecular weight is 299 g/mol. The number of aliphatic carboxylic acids is 1. The second kappa shape index (κ2) is 7.14. The lowest BCUT2D eigenvalue weighted by atomic mass is 10.1. The number of nitrogens with zero attached hydrogens (tertiary/aromatic N) is 1. The van der Waals surface area contributed by atoms with Crippen LogP contribution in [-0.4, -0.2) is 35.1 Å². The van der Waals surface area contributed by atoms with Gasteiger partial charge in [-0.15, -0.1) is 0 Å². The summed E-state index contributed by atoms with van der Waals surface area (Å²) in [5.41, 5.74) is 0.888. The molecule has 110 valence electrons. The largest absolute Gasteiger partial charge is 0.480 e. The topological polar surface area (TPSA) is 69.6 Å². The van der Waals surface area contributed by atoms with Crippen LogP contribution in [0.1, 0.15) is 31.9 Å². The van der Waals surface area contributed by atoms with Crippen LogP contribution in [0.15, 0.2) is 24.3 Å². The Morgan fingerprint density at radius 2 is 2.10 bits per heavy atom. The highest BCUT2D eigenvalue weighted by Gasteiger charge is 2.23. The van der Waals surface area contributed by atoms with Gasteiger partial charge < -0.3 is 15.3 Å². The van der Waals surface area contributed by atoms with Crippen molar-refractivity contribution in [3.05, 3.63) is 34.9 Å². The van der Waals surface area contributed by atoms with Gasteiger partial charge in [0, 0.05) is 12.1 Å². The summed E-state index contributed by atoms with van der Waals surface area (Å²) in [7, 11) is 1.62. The Morgan fingerprint density at radius 1 is 1.45 bits per heavy atom. The Balaban J connectivity index is 2.76. The molecule has 2 atom stereocenters. The fourth-order valence-corrected chi connectivity index (χ4v) is 1.95. The lowest BCUT2D eigenvalue weighted by molar-refractivity contribution is -0.139. The van der Waals surface area contributed by atoms with E-state index < -0.39 is 18.0 Å². The molecule has 6 heteroatoms. The van der Waals surface area contributed by atoms with Crippen molar-refractivity contribution >= 4 is 23.6 Å². The Kier molecular flexibility index (Phi) is 5.82. The maximum absolute atomic E-state index is 12.0.